The molecule has 0 aromatic rings. The number of hydrogen-bond donors (Lipinski definition) is 3. The summed E-state index contributed by atoms with van der Waals surface area (Å²) in [6.45, 7) is 9.53. The van der Waals surface area contributed by atoms with Crippen molar-refractivity contribution >= 4 is 5.84 Å². The van der Waals surface area contributed by atoms with Gasteiger partial charge in [-0.2, -0.15) is 0 Å². The molecule has 0 bridgehead atoms. The minimum atomic E-state index is -0.231. The summed E-state index contributed by atoms with van der Waals surface area (Å²) >= 11 is 0. The van der Waals surface area contributed by atoms with Crippen LogP contribution in [0.2, 0.25) is 0 Å². The summed E-state index contributed by atoms with van der Waals surface area (Å²) in [6, 6.07) is 0.546. The van der Waals surface area contributed by atoms with E-state index in [1.54, 1.807) is 7.11 Å². The van der Waals surface area contributed by atoms with Crippen molar-refractivity contribution in [2.75, 3.05) is 13.7 Å². The average Bonchev–Trinajstić information content (AvgIpc) is 2.39. The highest BCUT2D eigenvalue weighted by Gasteiger charge is 2.47. The molecule has 5 heteroatoms. The molecule has 0 aliphatic heterocycles. The van der Waals surface area contributed by atoms with Crippen molar-refractivity contribution in [3.63, 3.8) is 0 Å². The Morgan fingerprint density at radius 2 is 2.10 bits per heavy atom. The van der Waals surface area contributed by atoms with Crippen LogP contribution in [-0.4, -0.2) is 36.8 Å². The second kappa shape index (κ2) is 6.76. The Labute approximate surface area is 122 Å². The van der Waals surface area contributed by atoms with Gasteiger partial charge in [-0.05, 0) is 25.8 Å². The second-order valence-electron chi connectivity index (χ2n) is 7.11. The van der Waals surface area contributed by atoms with E-state index >= 15 is 0 Å². The summed E-state index contributed by atoms with van der Waals surface area (Å²) in [5.74, 6) is 0.313. The van der Waals surface area contributed by atoms with E-state index in [2.05, 4.69) is 24.3 Å². The number of nitrogens with one attached hydrogen (secondary N) is 1. The van der Waals surface area contributed by atoms with Gasteiger partial charge >= 0.3 is 0 Å². The fourth-order valence-corrected chi connectivity index (χ4v) is 2.86. The number of amidine groups is 1. The number of unbranched alkanes of at least 4 members (excludes halogenated alkanes) is 1. The number of rotatable bonds is 8. The Morgan fingerprint density at radius 3 is 2.60 bits per heavy atom. The second-order valence-corrected chi connectivity index (χ2v) is 7.11. The maximum Gasteiger partial charge on any atom is 0.144 e. The molecule has 1 saturated carbocycles. The minimum absolute atomic E-state index is 0.224. The topological polar surface area (TPSA) is 79.9 Å². The van der Waals surface area contributed by atoms with Gasteiger partial charge in [-0.3, -0.25) is 0 Å². The summed E-state index contributed by atoms with van der Waals surface area (Å²) in [6.07, 6.45) is 4.57. The lowest BCUT2D eigenvalue weighted by Crippen LogP contribution is -2.60. The number of oxime groups is 1. The van der Waals surface area contributed by atoms with Crippen LogP contribution in [-0.2, 0) is 4.74 Å². The van der Waals surface area contributed by atoms with E-state index < -0.39 is 0 Å². The molecule has 20 heavy (non-hydrogen) atoms. The lowest BCUT2D eigenvalue weighted by Gasteiger charge is -2.51. The molecule has 0 saturated heterocycles. The molecule has 5 nitrogen and oxygen atoms in total. The zero-order valence-electron chi connectivity index (χ0n) is 13.6. The first-order valence-electron chi connectivity index (χ1n) is 7.50. The van der Waals surface area contributed by atoms with Gasteiger partial charge < -0.3 is 21.0 Å². The Bertz CT molecular complexity index is 340. The Kier molecular flexibility index (Phi) is 5.83. The van der Waals surface area contributed by atoms with Crippen molar-refractivity contribution in [2.24, 2.45) is 21.7 Å². The molecule has 0 spiro atoms. The molecule has 2 atom stereocenters. The quantitative estimate of drug-likeness (QED) is 0.210. The Hall–Kier alpha value is -0.810. The molecule has 2 unspecified atom stereocenters. The van der Waals surface area contributed by atoms with E-state index in [1.807, 2.05) is 13.8 Å². The molecule has 4 N–H and O–H groups in total. The van der Waals surface area contributed by atoms with Gasteiger partial charge in [0.15, 0.2) is 0 Å². The first kappa shape index (κ1) is 17.2. The maximum absolute atomic E-state index is 8.73. The first-order valence-corrected chi connectivity index (χ1v) is 7.50. The van der Waals surface area contributed by atoms with Crippen LogP contribution in [0, 0.1) is 10.8 Å². The molecule has 1 rings (SSSR count). The van der Waals surface area contributed by atoms with E-state index in [0.29, 0.717) is 18.0 Å². The molecule has 1 aliphatic rings. The highest BCUT2D eigenvalue weighted by molar-refractivity contribution is 5.85. The van der Waals surface area contributed by atoms with Crippen LogP contribution in [0.4, 0.5) is 0 Å². The van der Waals surface area contributed by atoms with Crippen LogP contribution in [0.1, 0.15) is 53.4 Å². The van der Waals surface area contributed by atoms with Gasteiger partial charge in [0.2, 0.25) is 0 Å². The third kappa shape index (κ3) is 3.85. The highest BCUT2D eigenvalue weighted by atomic mass is 16.5. The molecule has 0 radical (unpaired) electrons. The third-order valence-electron chi connectivity index (χ3n) is 4.88. The van der Waals surface area contributed by atoms with E-state index in [1.165, 1.54) is 0 Å². The number of nitrogens with two attached hydrogens (primary N) is 1. The molecule has 1 aliphatic carbocycles. The standard InChI is InChI=1S/C15H31N3O2/c1-14(2,13(16)18-19)8-6-7-9-17-11-10-12(20-5)15(11,3)4/h11-12,17,19H,6-10H2,1-5H3,(H2,16,18). The molecular weight excluding hydrogens is 254 g/mol. The number of methoxy groups -OCH3 is 1. The molecular formula is C15H31N3O2. The zero-order valence-corrected chi connectivity index (χ0v) is 13.6. The van der Waals surface area contributed by atoms with Gasteiger partial charge in [-0.1, -0.05) is 39.3 Å². The molecule has 118 valence electrons. The van der Waals surface area contributed by atoms with Crippen LogP contribution < -0.4 is 11.1 Å². The molecule has 0 amide bonds. The smallest absolute Gasteiger partial charge is 0.144 e. The van der Waals surface area contributed by atoms with E-state index in [-0.39, 0.29) is 10.8 Å². The highest BCUT2D eigenvalue weighted by Crippen LogP contribution is 2.42. The first-order chi connectivity index (χ1) is 9.25. The maximum atomic E-state index is 8.73. The summed E-state index contributed by atoms with van der Waals surface area (Å²) < 4.78 is 5.45. The number of nitrogens with zero attached hydrogens (tertiary/aromatic N) is 1. The SMILES string of the molecule is COC1CC(NCCCCC(C)(C)C(N)=NO)C1(C)C. The van der Waals surface area contributed by atoms with Crippen molar-refractivity contribution in [1.29, 1.82) is 0 Å². The fourth-order valence-electron chi connectivity index (χ4n) is 2.86. The number of hydrogen-bond acceptors (Lipinski definition) is 4. The predicted octanol–water partition coefficient (Wildman–Crippen LogP) is 2.33. The summed E-state index contributed by atoms with van der Waals surface area (Å²) in [4.78, 5) is 0. The van der Waals surface area contributed by atoms with Crippen LogP contribution in [0.25, 0.3) is 0 Å². The number of ether oxygens (including phenoxy) is 1. The van der Waals surface area contributed by atoms with Gasteiger partial charge in [-0.25, -0.2) is 0 Å². The largest absolute Gasteiger partial charge is 0.409 e. The van der Waals surface area contributed by atoms with Crippen molar-refractivity contribution < 1.29 is 9.94 Å². The fraction of sp³-hybridized carbons (Fsp3) is 0.933. The van der Waals surface area contributed by atoms with E-state index in [9.17, 15) is 0 Å². The van der Waals surface area contributed by atoms with Crippen molar-refractivity contribution in [1.82, 2.24) is 5.32 Å². The van der Waals surface area contributed by atoms with Crippen LogP contribution in [0.5, 0.6) is 0 Å². The van der Waals surface area contributed by atoms with Gasteiger partial charge in [0, 0.05) is 24.0 Å². The molecule has 0 aromatic carbocycles. The Balaban J connectivity index is 2.18. The molecule has 0 heterocycles. The minimum Gasteiger partial charge on any atom is -0.409 e. The van der Waals surface area contributed by atoms with Crippen LogP contribution in [0.15, 0.2) is 5.16 Å². The average molecular weight is 285 g/mol. The lowest BCUT2D eigenvalue weighted by molar-refractivity contribution is -0.0973. The van der Waals surface area contributed by atoms with Crippen molar-refractivity contribution in [3.8, 4) is 0 Å². The van der Waals surface area contributed by atoms with Crippen LogP contribution >= 0.6 is 0 Å². The zero-order chi connectivity index (χ0) is 15.4. The van der Waals surface area contributed by atoms with Crippen molar-refractivity contribution in [2.45, 2.75) is 65.5 Å². The van der Waals surface area contributed by atoms with Crippen LogP contribution in [0.3, 0.4) is 0 Å². The van der Waals surface area contributed by atoms with Gasteiger partial charge in [0.1, 0.15) is 5.84 Å². The summed E-state index contributed by atoms with van der Waals surface area (Å²) in [5.41, 5.74) is 5.67. The van der Waals surface area contributed by atoms with Gasteiger partial charge in [0.25, 0.3) is 0 Å². The normalized spacial score (nSPS) is 26.4. The van der Waals surface area contributed by atoms with Gasteiger partial charge in [0.05, 0.1) is 6.10 Å². The predicted molar refractivity (Wildman–Crippen MR) is 82.0 cm³/mol. The summed E-state index contributed by atoms with van der Waals surface area (Å²) in [7, 11) is 1.79. The summed E-state index contributed by atoms with van der Waals surface area (Å²) in [5, 5.41) is 15.5. The monoisotopic (exact) mass is 285 g/mol. The van der Waals surface area contributed by atoms with Gasteiger partial charge in [-0.15, -0.1) is 0 Å². The van der Waals surface area contributed by atoms with E-state index in [4.69, 9.17) is 15.7 Å². The lowest BCUT2D eigenvalue weighted by atomic mass is 9.64. The Morgan fingerprint density at radius 1 is 1.45 bits per heavy atom. The third-order valence-corrected chi connectivity index (χ3v) is 4.88. The van der Waals surface area contributed by atoms with Crippen molar-refractivity contribution in [3.05, 3.63) is 0 Å². The molecule has 1 fully saturated rings. The van der Waals surface area contributed by atoms with E-state index in [0.717, 1.165) is 32.2 Å². The molecule has 0 aromatic heterocycles.